The highest BCUT2D eigenvalue weighted by Gasteiger charge is 2.28. The Bertz CT molecular complexity index is 1500. The van der Waals surface area contributed by atoms with Gasteiger partial charge in [0, 0.05) is 28.1 Å². The Kier molecular flexibility index (Phi) is 6.24. The third-order valence-electron chi connectivity index (χ3n) is 6.37. The molecular formula is C28H24ClN3O4. The number of hydrogen-bond acceptors (Lipinski definition) is 5. The van der Waals surface area contributed by atoms with Crippen LogP contribution in [0.5, 0.6) is 11.5 Å². The second kappa shape index (κ2) is 9.51. The number of rotatable bonds is 6. The van der Waals surface area contributed by atoms with Gasteiger partial charge in [-0.25, -0.2) is 5.01 Å². The summed E-state index contributed by atoms with van der Waals surface area (Å²) in [5.41, 5.74) is 4.40. The summed E-state index contributed by atoms with van der Waals surface area (Å²) in [7, 11) is 3.20. The van der Waals surface area contributed by atoms with Crippen LogP contribution in [-0.2, 0) is 11.2 Å². The minimum atomic E-state index is -0.158. The van der Waals surface area contributed by atoms with Crippen LogP contribution in [0, 0.1) is 6.92 Å². The van der Waals surface area contributed by atoms with Crippen molar-refractivity contribution in [2.24, 2.45) is 5.10 Å². The van der Waals surface area contributed by atoms with Crippen LogP contribution in [-0.4, -0.2) is 36.3 Å². The number of benzene rings is 3. The van der Waals surface area contributed by atoms with Crippen molar-refractivity contribution in [3.05, 3.63) is 88.6 Å². The van der Waals surface area contributed by atoms with E-state index in [0.717, 1.165) is 27.9 Å². The standard InChI is InChI=1S/C28H24ClN3O4/c1-17-24(14-20-15-27(33)32(30-20)21-8-10-22(35-2)11-9-21)25-16-23(36-3)12-13-26(25)31(17)28(34)18-4-6-19(29)7-5-18/h4-13,16H,14-15H2,1-3H3. The topological polar surface area (TPSA) is 73.1 Å². The van der Waals surface area contributed by atoms with Gasteiger partial charge in [-0.05, 0) is 79.2 Å². The number of hydrogen-bond donors (Lipinski definition) is 0. The number of nitrogens with zero attached hydrogens (tertiary/aromatic N) is 3. The van der Waals surface area contributed by atoms with Gasteiger partial charge in [0.25, 0.3) is 11.8 Å². The number of hydrazone groups is 1. The highest BCUT2D eigenvalue weighted by Crippen LogP contribution is 2.32. The van der Waals surface area contributed by atoms with E-state index in [9.17, 15) is 9.59 Å². The zero-order valence-corrected chi connectivity index (χ0v) is 20.9. The van der Waals surface area contributed by atoms with E-state index in [0.29, 0.717) is 34.2 Å². The summed E-state index contributed by atoms with van der Waals surface area (Å²) >= 11 is 6.02. The van der Waals surface area contributed by atoms with Crippen molar-refractivity contribution in [1.82, 2.24) is 4.57 Å². The lowest BCUT2D eigenvalue weighted by molar-refractivity contribution is -0.116. The van der Waals surface area contributed by atoms with Gasteiger partial charge in [-0.1, -0.05) is 11.6 Å². The van der Waals surface area contributed by atoms with Crippen molar-refractivity contribution >= 4 is 45.7 Å². The fourth-order valence-electron chi connectivity index (χ4n) is 4.50. The number of fused-ring (bicyclic) bond motifs is 1. The molecule has 1 aliphatic rings. The molecular weight excluding hydrogens is 478 g/mol. The Morgan fingerprint density at radius 1 is 0.972 bits per heavy atom. The predicted molar refractivity (Wildman–Crippen MR) is 141 cm³/mol. The van der Waals surface area contributed by atoms with Crippen molar-refractivity contribution in [3.63, 3.8) is 0 Å². The van der Waals surface area contributed by atoms with Crippen LogP contribution in [0.4, 0.5) is 5.69 Å². The lowest BCUT2D eigenvalue weighted by Gasteiger charge is -2.11. The molecule has 1 aliphatic heterocycles. The van der Waals surface area contributed by atoms with Crippen molar-refractivity contribution in [3.8, 4) is 11.5 Å². The molecule has 36 heavy (non-hydrogen) atoms. The number of anilines is 1. The Morgan fingerprint density at radius 2 is 1.64 bits per heavy atom. The minimum Gasteiger partial charge on any atom is -0.497 e. The Balaban J connectivity index is 1.55. The third-order valence-corrected chi connectivity index (χ3v) is 6.62. The van der Waals surface area contributed by atoms with Gasteiger partial charge in [-0.15, -0.1) is 0 Å². The molecule has 182 valence electrons. The van der Waals surface area contributed by atoms with E-state index in [1.807, 2.05) is 25.1 Å². The molecule has 2 heterocycles. The summed E-state index contributed by atoms with van der Waals surface area (Å²) in [4.78, 5) is 26.3. The molecule has 7 nitrogen and oxygen atoms in total. The summed E-state index contributed by atoms with van der Waals surface area (Å²) in [6.07, 6.45) is 0.627. The van der Waals surface area contributed by atoms with Crippen molar-refractivity contribution in [2.75, 3.05) is 19.2 Å². The molecule has 0 saturated carbocycles. The van der Waals surface area contributed by atoms with Gasteiger partial charge < -0.3 is 9.47 Å². The maximum atomic E-state index is 13.5. The summed E-state index contributed by atoms with van der Waals surface area (Å²) in [5, 5.41) is 7.49. The summed E-state index contributed by atoms with van der Waals surface area (Å²) in [5.74, 6) is 1.13. The van der Waals surface area contributed by atoms with E-state index in [4.69, 9.17) is 21.1 Å². The summed E-state index contributed by atoms with van der Waals surface area (Å²) in [6, 6.07) is 19.7. The lowest BCUT2D eigenvalue weighted by atomic mass is 10.0. The van der Waals surface area contributed by atoms with Crippen LogP contribution in [0.15, 0.2) is 71.8 Å². The van der Waals surface area contributed by atoms with Crippen molar-refractivity contribution in [2.45, 2.75) is 19.8 Å². The number of halogens is 1. The normalized spacial score (nSPS) is 13.3. The first-order valence-electron chi connectivity index (χ1n) is 11.4. The lowest BCUT2D eigenvalue weighted by Crippen LogP contribution is -2.19. The molecule has 0 fully saturated rings. The van der Waals surface area contributed by atoms with Crippen LogP contribution in [0.25, 0.3) is 10.9 Å². The van der Waals surface area contributed by atoms with Crippen LogP contribution >= 0.6 is 11.6 Å². The monoisotopic (exact) mass is 501 g/mol. The summed E-state index contributed by atoms with van der Waals surface area (Å²) in [6.45, 7) is 1.91. The molecule has 0 atom stereocenters. The van der Waals surface area contributed by atoms with Gasteiger partial charge >= 0.3 is 0 Å². The smallest absolute Gasteiger partial charge is 0.262 e. The van der Waals surface area contributed by atoms with Gasteiger partial charge in [0.1, 0.15) is 11.5 Å². The van der Waals surface area contributed by atoms with Crippen LogP contribution in [0.3, 0.4) is 0 Å². The molecule has 8 heteroatoms. The van der Waals surface area contributed by atoms with Crippen molar-refractivity contribution in [1.29, 1.82) is 0 Å². The molecule has 5 rings (SSSR count). The average Bonchev–Trinajstić information content (AvgIpc) is 3.40. The molecule has 3 aromatic carbocycles. The Labute approximate surface area is 213 Å². The molecule has 4 aromatic rings. The number of carbonyl (C=O) groups excluding carboxylic acids is 2. The maximum Gasteiger partial charge on any atom is 0.262 e. The maximum absolute atomic E-state index is 13.5. The number of ether oxygens (including phenoxy) is 2. The molecule has 0 N–H and O–H groups in total. The molecule has 1 aromatic heterocycles. The van der Waals surface area contributed by atoms with E-state index < -0.39 is 0 Å². The quantitative estimate of drug-likeness (QED) is 0.342. The number of methoxy groups -OCH3 is 2. The molecule has 0 unspecified atom stereocenters. The van der Waals surface area contributed by atoms with Gasteiger partial charge in [0.05, 0.1) is 37.6 Å². The second-order valence-electron chi connectivity index (χ2n) is 8.52. The van der Waals surface area contributed by atoms with Gasteiger partial charge in [0.15, 0.2) is 0 Å². The van der Waals surface area contributed by atoms with Crippen LogP contribution < -0.4 is 14.5 Å². The highest BCUT2D eigenvalue weighted by atomic mass is 35.5. The van der Waals surface area contributed by atoms with Crippen molar-refractivity contribution < 1.29 is 19.1 Å². The molecule has 0 aliphatic carbocycles. The van der Waals surface area contributed by atoms with E-state index in [1.165, 1.54) is 5.01 Å². The largest absolute Gasteiger partial charge is 0.497 e. The fraction of sp³-hybridized carbons (Fsp3) is 0.179. The first kappa shape index (κ1) is 23.6. The van der Waals surface area contributed by atoms with Gasteiger partial charge in [-0.2, -0.15) is 5.10 Å². The van der Waals surface area contributed by atoms with E-state index in [-0.39, 0.29) is 18.2 Å². The highest BCUT2D eigenvalue weighted by molar-refractivity contribution is 6.30. The SMILES string of the molecule is COc1ccc(N2N=C(Cc3c(C)n(C(=O)c4ccc(Cl)cc4)c4ccc(OC)cc34)CC2=O)cc1. The van der Waals surface area contributed by atoms with E-state index >= 15 is 0 Å². The van der Waals surface area contributed by atoms with Crippen LogP contribution in [0.2, 0.25) is 5.02 Å². The molecule has 0 saturated heterocycles. The van der Waals surface area contributed by atoms with Crippen LogP contribution in [0.1, 0.15) is 28.0 Å². The Morgan fingerprint density at radius 3 is 2.31 bits per heavy atom. The third kappa shape index (κ3) is 4.22. The van der Waals surface area contributed by atoms with E-state index in [2.05, 4.69) is 5.10 Å². The number of carbonyl (C=O) groups is 2. The molecule has 0 radical (unpaired) electrons. The first-order valence-corrected chi connectivity index (χ1v) is 11.8. The zero-order chi connectivity index (χ0) is 25.4. The minimum absolute atomic E-state index is 0.105. The average molecular weight is 502 g/mol. The zero-order valence-electron chi connectivity index (χ0n) is 20.1. The van der Waals surface area contributed by atoms with Gasteiger partial charge in [-0.3, -0.25) is 14.2 Å². The number of aromatic nitrogens is 1. The molecule has 0 spiro atoms. The van der Waals surface area contributed by atoms with Gasteiger partial charge in [0.2, 0.25) is 0 Å². The first-order chi connectivity index (χ1) is 17.4. The molecule has 0 bridgehead atoms. The summed E-state index contributed by atoms with van der Waals surface area (Å²) < 4.78 is 12.4. The fourth-order valence-corrected chi connectivity index (χ4v) is 4.63. The predicted octanol–water partition coefficient (Wildman–Crippen LogP) is 5.64. The Hall–Kier alpha value is -4.10. The van der Waals surface area contributed by atoms with E-state index in [1.54, 1.807) is 67.3 Å². The number of amides is 1. The second-order valence-corrected chi connectivity index (χ2v) is 8.95. The molecule has 1 amide bonds.